The fraction of sp³-hybridized carbons (Fsp3) is 0.438. The monoisotopic (exact) mass is 287 g/mol. The molecule has 0 aliphatic carbocycles. The molecular formula is C16H21N3S. The Kier molecular flexibility index (Phi) is 4.79. The molecule has 20 heavy (non-hydrogen) atoms. The van der Waals surface area contributed by atoms with Crippen molar-refractivity contribution < 1.29 is 0 Å². The van der Waals surface area contributed by atoms with Crippen molar-refractivity contribution in [3.05, 3.63) is 52.5 Å². The smallest absolute Gasteiger partial charge is 0.0794 e. The minimum absolute atomic E-state index is 0.657. The first kappa shape index (κ1) is 13.7. The van der Waals surface area contributed by atoms with E-state index in [4.69, 9.17) is 0 Å². The van der Waals surface area contributed by atoms with Gasteiger partial charge in [-0.05, 0) is 31.5 Å². The first-order valence-corrected chi connectivity index (χ1v) is 8.15. The van der Waals surface area contributed by atoms with Gasteiger partial charge in [-0.2, -0.15) is 0 Å². The van der Waals surface area contributed by atoms with E-state index in [2.05, 4.69) is 45.5 Å². The van der Waals surface area contributed by atoms with Crippen LogP contribution in [0, 0.1) is 0 Å². The van der Waals surface area contributed by atoms with Crippen molar-refractivity contribution in [3.8, 4) is 0 Å². The zero-order chi connectivity index (χ0) is 13.6. The largest absolute Gasteiger partial charge is 0.309 e. The summed E-state index contributed by atoms with van der Waals surface area (Å²) in [6.45, 7) is 4.43. The molecule has 3 rings (SSSR count). The lowest BCUT2D eigenvalue weighted by molar-refractivity contribution is 0.190. The number of piperidine rings is 1. The Hall–Kier alpha value is -1.23. The number of thiazole rings is 1. The molecule has 0 amide bonds. The van der Waals surface area contributed by atoms with Crippen molar-refractivity contribution in [2.75, 3.05) is 13.1 Å². The summed E-state index contributed by atoms with van der Waals surface area (Å²) in [5.41, 5.74) is 3.32. The van der Waals surface area contributed by atoms with Crippen LogP contribution < -0.4 is 5.32 Å². The molecule has 1 aliphatic heterocycles. The predicted molar refractivity (Wildman–Crippen MR) is 83.7 cm³/mol. The second kappa shape index (κ2) is 6.97. The molecule has 0 spiro atoms. The van der Waals surface area contributed by atoms with Gasteiger partial charge in [0.15, 0.2) is 0 Å². The van der Waals surface area contributed by atoms with Crippen LogP contribution in [0.15, 0.2) is 42.0 Å². The van der Waals surface area contributed by atoms with E-state index in [0.717, 1.165) is 13.1 Å². The molecule has 2 heterocycles. The van der Waals surface area contributed by atoms with Crippen molar-refractivity contribution in [2.45, 2.75) is 32.0 Å². The minimum Gasteiger partial charge on any atom is -0.309 e. The molecule has 1 fully saturated rings. The molecule has 3 nitrogen and oxygen atoms in total. The maximum absolute atomic E-state index is 4.12. The van der Waals surface area contributed by atoms with E-state index in [1.807, 2.05) is 11.7 Å². The SMILES string of the molecule is c1ccc(CN2CCC(NCc3cncs3)CC2)cc1. The summed E-state index contributed by atoms with van der Waals surface area (Å²) >= 11 is 1.73. The van der Waals surface area contributed by atoms with Gasteiger partial charge >= 0.3 is 0 Å². The third-order valence-electron chi connectivity index (χ3n) is 3.89. The van der Waals surface area contributed by atoms with E-state index >= 15 is 0 Å². The molecule has 1 aromatic carbocycles. The summed E-state index contributed by atoms with van der Waals surface area (Å²) in [7, 11) is 0. The van der Waals surface area contributed by atoms with E-state index in [9.17, 15) is 0 Å². The molecule has 0 unspecified atom stereocenters. The summed E-state index contributed by atoms with van der Waals surface area (Å²) in [4.78, 5) is 8.00. The summed E-state index contributed by atoms with van der Waals surface area (Å²) in [5, 5.41) is 3.65. The standard InChI is InChI=1S/C16H21N3S/c1-2-4-14(5-3-1)12-19-8-6-15(7-9-19)18-11-16-10-17-13-20-16/h1-5,10,13,15,18H,6-9,11-12H2. The normalized spacial score (nSPS) is 17.4. The molecule has 106 valence electrons. The molecule has 0 bridgehead atoms. The summed E-state index contributed by atoms with van der Waals surface area (Å²) in [5.74, 6) is 0. The van der Waals surface area contributed by atoms with Gasteiger partial charge in [0, 0.05) is 30.2 Å². The first-order chi connectivity index (χ1) is 9.90. The van der Waals surface area contributed by atoms with Gasteiger partial charge < -0.3 is 5.32 Å². The van der Waals surface area contributed by atoms with Crippen LogP contribution in [0.4, 0.5) is 0 Å². The van der Waals surface area contributed by atoms with E-state index in [1.165, 1.54) is 36.4 Å². The van der Waals surface area contributed by atoms with Crippen molar-refractivity contribution in [2.24, 2.45) is 0 Å². The average Bonchev–Trinajstić information content (AvgIpc) is 3.01. The number of hydrogen-bond donors (Lipinski definition) is 1. The van der Waals surface area contributed by atoms with Gasteiger partial charge in [0.2, 0.25) is 0 Å². The zero-order valence-electron chi connectivity index (χ0n) is 11.7. The Labute approximate surface area is 124 Å². The predicted octanol–water partition coefficient (Wildman–Crippen LogP) is 2.90. The van der Waals surface area contributed by atoms with Gasteiger partial charge in [0.25, 0.3) is 0 Å². The molecule has 1 saturated heterocycles. The van der Waals surface area contributed by atoms with Gasteiger partial charge in [0.1, 0.15) is 0 Å². The van der Waals surface area contributed by atoms with Crippen LogP contribution >= 0.6 is 11.3 Å². The summed E-state index contributed by atoms with van der Waals surface area (Å²) in [6, 6.07) is 11.4. The quantitative estimate of drug-likeness (QED) is 0.916. The maximum atomic E-state index is 4.12. The van der Waals surface area contributed by atoms with Crippen LogP contribution in [-0.4, -0.2) is 29.0 Å². The Bertz CT molecular complexity index is 490. The van der Waals surface area contributed by atoms with Crippen LogP contribution in [0.2, 0.25) is 0 Å². The molecule has 0 radical (unpaired) electrons. The highest BCUT2D eigenvalue weighted by Gasteiger charge is 2.18. The highest BCUT2D eigenvalue weighted by Crippen LogP contribution is 2.15. The van der Waals surface area contributed by atoms with Crippen molar-refractivity contribution in [1.82, 2.24) is 15.2 Å². The van der Waals surface area contributed by atoms with Gasteiger partial charge in [-0.1, -0.05) is 30.3 Å². The number of hydrogen-bond acceptors (Lipinski definition) is 4. The molecule has 1 N–H and O–H groups in total. The third-order valence-corrected chi connectivity index (χ3v) is 4.66. The summed E-state index contributed by atoms with van der Waals surface area (Å²) in [6.07, 6.45) is 4.44. The molecule has 0 saturated carbocycles. The number of nitrogens with zero attached hydrogens (tertiary/aromatic N) is 2. The molecule has 1 aromatic heterocycles. The van der Waals surface area contributed by atoms with Crippen molar-refractivity contribution >= 4 is 11.3 Å². The fourth-order valence-corrected chi connectivity index (χ4v) is 3.26. The van der Waals surface area contributed by atoms with Crippen LogP contribution in [0.5, 0.6) is 0 Å². The highest BCUT2D eigenvalue weighted by molar-refractivity contribution is 7.09. The third kappa shape index (κ3) is 3.88. The first-order valence-electron chi connectivity index (χ1n) is 7.27. The van der Waals surface area contributed by atoms with E-state index < -0.39 is 0 Å². The van der Waals surface area contributed by atoms with Crippen LogP contribution in [-0.2, 0) is 13.1 Å². The van der Waals surface area contributed by atoms with Crippen LogP contribution in [0.3, 0.4) is 0 Å². The Morgan fingerprint density at radius 1 is 1.20 bits per heavy atom. The van der Waals surface area contributed by atoms with Gasteiger partial charge in [-0.25, -0.2) is 0 Å². The lowest BCUT2D eigenvalue weighted by atomic mass is 10.0. The molecule has 0 atom stereocenters. The molecule has 1 aliphatic rings. The minimum atomic E-state index is 0.657. The zero-order valence-corrected chi connectivity index (χ0v) is 12.5. The molecular weight excluding hydrogens is 266 g/mol. The Morgan fingerprint density at radius 2 is 2.00 bits per heavy atom. The average molecular weight is 287 g/mol. The van der Waals surface area contributed by atoms with Gasteiger partial charge in [0.05, 0.1) is 5.51 Å². The lowest BCUT2D eigenvalue weighted by Crippen LogP contribution is -2.41. The van der Waals surface area contributed by atoms with E-state index in [0.29, 0.717) is 6.04 Å². The number of benzene rings is 1. The topological polar surface area (TPSA) is 28.2 Å². The Morgan fingerprint density at radius 3 is 2.70 bits per heavy atom. The van der Waals surface area contributed by atoms with E-state index in [-0.39, 0.29) is 0 Å². The van der Waals surface area contributed by atoms with Crippen LogP contribution in [0.25, 0.3) is 0 Å². The maximum Gasteiger partial charge on any atom is 0.0794 e. The number of likely N-dealkylation sites (tertiary alicyclic amines) is 1. The molecule has 4 heteroatoms. The molecule has 2 aromatic rings. The highest BCUT2D eigenvalue weighted by atomic mass is 32.1. The number of rotatable bonds is 5. The summed E-state index contributed by atoms with van der Waals surface area (Å²) < 4.78 is 0. The second-order valence-electron chi connectivity index (χ2n) is 5.38. The van der Waals surface area contributed by atoms with Crippen molar-refractivity contribution in [3.63, 3.8) is 0 Å². The Balaban J connectivity index is 1.40. The number of aromatic nitrogens is 1. The number of nitrogens with one attached hydrogen (secondary N) is 1. The van der Waals surface area contributed by atoms with E-state index in [1.54, 1.807) is 11.3 Å². The van der Waals surface area contributed by atoms with Gasteiger partial charge in [-0.15, -0.1) is 11.3 Å². The van der Waals surface area contributed by atoms with Crippen molar-refractivity contribution in [1.29, 1.82) is 0 Å². The van der Waals surface area contributed by atoms with Crippen LogP contribution in [0.1, 0.15) is 23.3 Å². The second-order valence-corrected chi connectivity index (χ2v) is 6.36. The lowest BCUT2D eigenvalue weighted by Gasteiger charge is -2.32. The fourth-order valence-electron chi connectivity index (χ4n) is 2.71. The van der Waals surface area contributed by atoms with Gasteiger partial charge in [-0.3, -0.25) is 9.88 Å².